The average molecular weight is 237 g/mol. The van der Waals surface area contributed by atoms with Crippen molar-refractivity contribution < 1.29 is 4.79 Å². The Morgan fingerprint density at radius 3 is 3.06 bits per heavy atom. The standard InChI is InChI=1S/C12H13ClN2O/c1-8-14-10-5-4-9(7-11(10)15-8)12(16)3-2-6-13/h4-5,7H,2-3,6H2,1H3,(H,14,15). The summed E-state index contributed by atoms with van der Waals surface area (Å²) in [5.74, 6) is 1.52. The van der Waals surface area contributed by atoms with Gasteiger partial charge in [-0.2, -0.15) is 0 Å². The normalized spacial score (nSPS) is 10.9. The molecule has 16 heavy (non-hydrogen) atoms. The van der Waals surface area contributed by atoms with Gasteiger partial charge in [-0.3, -0.25) is 4.79 Å². The van der Waals surface area contributed by atoms with Gasteiger partial charge in [0.15, 0.2) is 5.78 Å². The molecule has 84 valence electrons. The number of aromatic nitrogens is 2. The highest BCUT2D eigenvalue weighted by Crippen LogP contribution is 2.15. The van der Waals surface area contributed by atoms with Gasteiger partial charge >= 0.3 is 0 Å². The van der Waals surface area contributed by atoms with Gasteiger partial charge in [-0.15, -0.1) is 11.6 Å². The van der Waals surface area contributed by atoms with Gasteiger partial charge in [0, 0.05) is 17.9 Å². The van der Waals surface area contributed by atoms with Crippen molar-refractivity contribution in [3.8, 4) is 0 Å². The van der Waals surface area contributed by atoms with Gasteiger partial charge in [0.2, 0.25) is 0 Å². The van der Waals surface area contributed by atoms with Gasteiger partial charge in [0.1, 0.15) is 5.82 Å². The zero-order valence-corrected chi connectivity index (χ0v) is 9.84. The minimum atomic E-state index is 0.134. The van der Waals surface area contributed by atoms with Crippen LogP contribution in [-0.2, 0) is 0 Å². The van der Waals surface area contributed by atoms with E-state index in [-0.39, 0.29) is 5.78 Å². The number of nitrogens with zero attached hydrogens (tertiary/aromatic N) is 1. The number of imidazole rings is 1. The highest BCUT2D eigenvalue weighted by atomic mass is 35.5. The van der Waals surface area contributed by atoms with Crippen molar-refractivity contribution in [2.24, 2.45) is 0 Å². The highest BCUT2D eigenvalue weighted by molar-refractivity contribution is 6.18. The molecule has 0 aliphatic carbocycles. The van der Waals surface area contributed by atoms with Gasteiger partial charge in [-0.1, -0.05) is 0 Å². The first-order valence-electron chi connectivity index (χ1n) is 5.26. The van der Waals surface area contributed by atoms with Crippen LogP contribution >= 0.6 is 11.6 Å². The van der Waals surface area contributed by atoms with Crippen LogP contribution in [0.5, 0.6) is 0 Å². The number of carbonyl (C=O) groups is 1. The largest absolute Gasteiger partial charge is 0.342 e. The van der Waals surface area contributed by atoms with Crippen molar-refractivity contribution >= 4 is 28.4 Å². The van der Waals surface area contributed by atoms with Crippen molar-refractivity contribution in [1.29, 1.82) is 0 Å². The Morgan fingerprint density at radius 2 is 2.31 bits per heavy atom. The maximum atomic E-state index is 11.8. The topological polar surface area (TPSA) is 45.8 Å². The van der Waals surface area contributed by atoms with Crippen LogP contribution < -0.4 is 0 Å². The molecule has 0 radical (unpaired) electrons. The first kappa shape index (κ1) is 11.1. The minimum Gasteiger partial charge on any atom is -0.342 e. The number of hydrogen-bond donors (Lipinski definition) is 1. The predicted octanol–water partition coefficient (Wildman–Crippen LogP) is 3.07. The Kier molecular flexibility index (Phi) is 3.25. The second-order valence-electron chi connectivity index (χ2n) is 3.77. The van der Waals surface area contributed by atoms with Crippen molar-refractivity contribution in [3.63, 3.8) is 0 Å². The van der Waals surface area contributed by atoms with Gasteiger partial charge in [-0.25, -0.2) is 4.98 Å². The van der Waals surface area contributed by atoms with Crippen LogP contribution in [0.15, 0.2) is 18.2 Å². The summed E-state index contributed by atoms with van der Waals surface area (Å²) in [5, 5.41) is 0. The van der Waals surface area contributed by atoms with Crippen molar-refractivity contribution in [1.82, 2.24) is 9.97 Å². The van der Waals surface area contributed by atoms with Gasteiger partial charge in [-0.05, 0) is 31.5 Å². The van der Waals surface area contributed by atoms with E-state index in [1.165, 1.54) is 0 Å². The SMILES string of the molecule is Cc1nc2ccc(C(=O)CCCCl)cc2[nH]1. The lowest BCUT2D eigenvalue weighted by Gasteiger charge is -1.99. The molecule has 4 heteroatoms. The van der Waals surface area contributed by atoms with Crippen molar-refractivity contribution in [3.05, 3.63) is 29.6 Å². The third-order valence-corrected chi connectivity index (χ3v) is 2.73. The van der Waals surface area contributed by atoms with E-state index in [0.717, 1.165) is 28.8 Å². The van der Waals surface area contributed by atoms with Crippen LogP contribution in [-0.4, -0.2) is 21.6 Å². The number of benzene rings is 1. The lowest BCUT2D eigenvalue weighted by molar-refractivity contribution is 0.0982. The third kappa shape index (κ3) is 2.25. The summed E-state index contributed by atoms with van der Waals surface area (Å²) in [6.45, 7) is 1.90. The number of halogens is 1. The number of aromatic amines is 1. The van der Waals surface area contributed by atoms with Crippen molar-refractivity contribution in [2.75, 3.05) is 5.88 Å². The molecule has 0 unspecified atom stereocenters. The fraction of sp³-hybridized carbons (Fsp3) is 0.333. The molecule has 0 aliphatic heterocycles. The van der Waals surface area contributed by atoms with Crippen LogP contribution in [0.25, 0.3) is 11.0 Å². The summed E-state index contributed by atoms with van der Waals surface area (Å²) >= 11 is 5.56. The monoisotopic (exact) mass is 236 g/mol. The molecule has 2 aromatic rings. The number of Topliss-reactive ketones (excluding diaryl/α,β-unsaturated/α-hetero) is 1. The molecule has 0 fully saturated rings. The summed E-state index contributed by atoms with van der Waals surface area (Å²) < 4.78 is 0. The molecule has 1 N–H and O–H groups in total. The first-order chi connectivity index (χ1) is 7.70. The zero-order valence-electron chi connectivity index (χ0n) is 9.09. The van der Waals surface area contributed by atoms with Crippen LogP contribution in [0.1, 0.15) is 29.0 Å². The molecule has 0 spiro atoms. The third-order valence-electron chi connectivity index (χ3n) is 2.46. The molecular weight excluding hydrogens is 224 g/mol. The van der Waals surface area contributed by atoms with Crippen LogP contribution in [0.4, 0.5) is 0 Å². The molecular formula is C12H13ClN2O. The molecule has 1 aromatic heterocycles. The van der Waals surface area contributed by atoms with E-state index in [0.29, 0.717) is 12.3 Å². The summed E-state index contributed by atoms with van der Waals surface area (Å²) in [6, 6.07) is 5.54. The number of hydrogen-bond acceptors (Lipinski definition) is 2. The Balaban J connectivity index is 2.28. The summed E-state index contributed by atoms with van der Waals surface area (Å²) in [6.07, 6.45) is 1.22. The molecule has 3 nitrogen and oxygen atoms in total. The quantitative estimate of drug-likeness (QED) is 0.655. The van der Waals surface area contributed by atoms with Gasteiger partial charge in [0.25, 0.3) is 0 Å². The first-order valence-corrected chi connectivity index (χ1v) is 5.79. The lowest BCUT2D eigenvalue weighted by Crippen LogP contribution is -1.98. The maximum absolute atomic E-state index is 11.8. The van der Waals surface area contributed by atoms with E-state index in [2.05, 4.69) is 9.97 Å². The smallest absolute Gasteiger partial charge is 0.162 e. The van der Waals surface area contributed by atoms with E-state index in [9.17, 15) is 4.79 Å². The van der Waals surface area contributed by atoms with E-state index in [4.69, 9.17) is 11.6 Å². The minimum absolute atomic E-state index is 0.134. The number of nitrogens with one attached hydrogen (secondary N) is 1. The van der Waals surface area contributed by atoms with Crippen LogP contribution in [0.3, 0.4) is 0 Å². The fourth-order valence-electron chi connectivity index (χ4n) is 1.68. The van der Waals surface area contributed by atoms with Crippen molar-refractivity contribution in [2.45, 2.75) is 19.8 Å². The number of fused-ring (bicyclic) bond motifs is 1. The molecule has 0 amide bonds. The average Bonchev–Trinajstić information content (AvgIpc) is 2.64. The Morgan fingerprint density at radius 1 is 1.50 bits per heavy atom. The molecule has 0 aliphatic rings. The number of carbonyl (C=O) groups excluding carboxylic acids is 1. The molecule has 2 rings (SSSR count). The fourth-order valence-corrected chi connectivity index (χ4v) is 1.82. The van der Waals surface area contributed by atoms with Crippen LogP contribution in [0, 0.1) is 6.92 Å². The maximum Gasteiger partial charge on any atom is 0.162 e. The predicted molar refractivity (Wildman–Crippen MR) is 65.1 cm³/mol. The van der Waals surface area contributed by atoms with E-state index in [1.807, 2.05) is 25.1 Å². The molecule has 0 saturated heterocycles. The Bertz CT molecular complexity index is 519. The van der Waals surface area contributed by atoms with Gasteiger partial charge < -0.3 is 4.98 Å². The Labute approximate surface area is 98.8 Å². The number of rotatable bonds is 4. The number of H-pyrrole nitrogens is 1. The van der Waals surface area contributed by atoms with E-state index < -0.39 is 0 Å². The van der Waals surface area contributed by atoms with E-state index >= 15 is 0 Å². The van der Waals surface area contributed by atoms with E-state index in [1.54, 1.807) is 0 Å². The molecule has 0 saturated carbocycles. The lowest BCUT2D eigenvalue weighted by atomic mass is 10.1. The van der Waals surface area contributed by atoms with Gasteiger partial charge in [0.05, 0.1) is 11.0 Å². The second-order valence-corrected chi connectivity index (χ2v) is 4.15. The molecule has 0 bridgehead atoms. The number of alkyl halides is 1. The Hall–Kier alpha value is -1.35. The number of aryl methyl sites for hydroxylation is 1. The molecule has 0 atom stereocenters. The number of ketones is 1. The summed E-state index contributed by atoms with van der Waals surface area (Å²) in [5.41, 5.74) is 2.53. The summed E-state index contributed by atoms with van der Waals surface area (Å²) in [7, 11) is 0. The second kappa shape index (κ2) is 4.66. The van der Waals surface area contributed by atoms with Crippen LogP contribution in [0.2, 0.25) is 0 Å². The molecule has 1 aromatic carbocycles. The summed E-state index contributed by atoms with van der Waals surface area (Å²) in [4.78, 5) is 19.2. The molecule has 1 heterocycles. The zero-order chi connectivity index (χ0) is 11.5. The highest BCUT2D eigenvalue weighted by Gasteiger charge is 2.07.